The third kappa shape index (κ3) is 3.52. The number of methoxy groups -OCH3 is 1. The molecule has 0 bridgehead atoms. The largest absolute Gasteiger partial charge is 0.481 e. The van der Waals surface area contributed by atoms with E-state index in [0.717, 1.165) is 5.56 Å². The topological polar surface area (TPSA) is 69.0 Å². The number of pyridine rings is 1. The van der Waals surface area contributed by atoms with E-state index in [0.29, 0.717) is 18.1 Å². The Morgan fingerprint density at radius 3 is 2.71 bits per heavy atom. The van der Waals surface area contributed by atoms with E-state index in [1.165, 1.54) is 4.68 Å². The highest BCUT2D eigenvalue weighted by Gasteiger charge is 2.11. The standard InChI is InChI=1S/C14H17ClN4O2/c1-9(2)19-14(20)13(15)11(8-18-19)16-6-10-4-5-12(21-3)17-7-10/h4-5,7-9,16H,6H2,1-3H3. The molecule has 0 amide bonds. The summed E-state index contributed by atoms with van der Waals surface area (Å²) in [5.74, 6) is 0.554. The molecule has 2 heterocycles. The van der Waals surface area contributed by atoms with E-state index < -0.39 is 0 Å². The van der Waals surface area contributed by atoms with E-state index in [9.17, 15) is 4.79 Å². The number of nitrogens with one attached hydrogen (secondary N) is 1. The fourth-order valence-corrected chi connectivity index (χ4v) is 1.97. The number of hydrogen-bond acceptors (Lipinski definition) is 5. The van der Waals surface area contributed by atoms with Gasteiger partial charge in [-0.2, -0.15) is 5.10 Å². The van der Waals surface area contributed by atoms with Crippen molar-refractivity contribution in [1.82, 2.24) is 14.8 Å². The van der Waals surface area contributed by atoms with Gasteiger partial charge in [0.15, 0.2) is 0 Å². The minimum Gasteiger partial charge on any atom is -0.481 e. The van der Waals surface area contributed by atoms with Crippen molar-refractivity contribution in [3.8, 4) is 5.88 Å². The van der Waals surface area contributed by atoms with Gasteiger partial charge in [0.1, 0.15) is 5.02 Å². The molecular formula is C14H17ClN4O2. The smallest absolute Gasteiger partial charge is 0.287 e. The Morgan fingerprint density at radius 2 is 2.14 bits per heavy atom. The second-order valence-corrected chi connectivity index (χ2v) is 5.16. The lowest BCUT2D eigenvalue weighted by Gasteiger charge is -2.12. The van der Waals surface area contributed by atoms with E-state index in [2.05, 4.69) is 15.4 Å². The fourth-order valence-electron chi connectivity index (χ4n) is 1.77. The van der Waals surface area contributed by atoms with Crippen LogP contribution in [0, 0.1) is 0 Å². The van der Waals surface area contributed by atoms with Crippen molar-refractivity contribution in [2.24, 2.45) is 0 Å². The summed E-state index contributed by atoms with van der Waals surface area (Å²) in [6.45, 7) is 4.24. The van der Waals surface area contributed by atoms with Gasteiger partial charge in [0.25, 0.3) is 5.56 Å². The molecule has 2 aromatic heterocycles. The van der Waals surface area contributed by atoms with Crippen LogP contribution in [0.4, 0.5) is 5.69 Å². The molecule has 6 nitrogen and oxygen atoms in total. The number of ether oxygens (including phenoxy) is 1. The molecule has 0 unspecified atom stereocenters. The Labute approximate surface area is 127 Å². The van der Waals surface area contributed by atoms with Crippen molar-refractivity contribution in [1.29, 1.82) is 0 Å². The first kappa shape index (κ1) is 15.3. The molecule has 2 rings (SSSR count). The molecule has 0 aliphatic heterocycles. The molecule has 0 aromatic carbocycles. The van der Waals surface area contributed by atoms with Crippen LogP contribution < -0.4 is 15.6 Å². The molecular weight excluding hydrogens is 292 g/mol. The van der Waals surface area contributed by atoms with Crippen molar-refractivity contribution in [2.45, 2.75) is 26.4 Å². The lowest BCUT2D eigenvalue weighted by Crippen LogP contribution is -2.25. The van der Waals surface area contributed by atoms with Crippen molar-refractivity contribution >= 4 is 17.3 Å². The van der Waals surface area contributed by atoms with Gasteiger partial charge in [-0.25, -0.2) is 9.67 Å². The summed E-state index contributed by atoms with van der Waals surface area (Å²) in [5, 5.41) is 7.32. The number of aromatic nitrogens is 3. The van der Waals surface area contributed by atoms with Gasteiger partial charge in [-0.3, -0.25) is 4.79 Å². The van der Waals surface area contributed by atoms with E-state index >= 15 is 0 Å². The molecule has 0 fully saturated rings. The second-order valence-electron chi connectivity index (χ2n) is 4.78. The number of hydrogen-bond donors (Lipinski definition) is 1. The maximum Gasteiger partial charge on any atom is 0.287 e. The quantitative estimate of drug-likeness (QED) is 0.919. The lowest BCUT2D eigenvalue weighted by atomic mass is 10.3. The van der Waals surface area contributed by atoms with Crippen LogP contribution in [0.5, 0.6) is 5.88 Å². The van der Waals surface area contributed by atoms with Crippen LogP contribution in [0.15, 0.2) is 29.3 Å². The molecule has 7 heteroatoms. The maximum absolute atomic E-state index is 12.0. The van der Waals surface area contributed by atoms with Crippen LogP contribution in [0.1, 0.15) is 25.5 Å². The van der Waals surface area contributed by atoms with Gasteiger partial charge in [-0.05, 0) is 19.4 Å². The monoisotopic (exact) mass is 308 g/mol. The minimum absolute atomic E-state index is 0.0326. The van der Waals surface area contributed by atoms with Gasteiger partial charge in [0.2, 0.25) is 5.88 Å². The first-order chi connectivity index (χ1) is 10.0. The van der Waals surface area contributed by atoms with Crippen molar-refractivity contribution in [2.75, 3.05) is 12.4 Å². The predicted molar refractivity (Wildman–Crippen MR) is 82.0 cm³/mol. The highest BCUT2D eigenvalue weighted by atomic mass is 35.5. The average Bonchev–Trinajstić information content (AvgIpc) is 2.49. The molecule has 0 radical (unpaired) electrons. The molecule has 0 spiro atoms. The molecule has 0 aliphatic carbocycles. The summed E-state index contributed by atoms with van der Waals surface area (Å²) >= 11 is 6.08. The highest BCUT2D eigenvalue weighted by molar-refractivity contribution is 6.32. The average molecular weight is 309 g/mol. The first-order valence-corrected chi connectivity index (χ1v) is 6.91. The number of nitrogens with zero attached hydrogens (tertiary/aromatic N) is 3. The normalized spacial score (nSPS) is 10.7. The second kappa shape index (κ2) is 6.58. The molecule has 1 N–H and O–H groups in total. The zero-order chi connectivity index (χ0) is 15.4. The number of halogens is 1. The zero-order valence-corrected chi connectivity index (χ0v) is 12.9. The van der Waals surface area contributed by atoms with Gasteiger partial charge in [0.05, 0.1) is 25.0 Å². The minimum atomic E-state index is -0.301. The van der Waals surface area contributed by atoms with Gasteiger partial charge < -0.3 is 10.1 Å². The Morgan fingerprint density at radius 1 is 1.38 bits per heavy atom. The van der Waals surface area contributed by atoms with Crippen LogP contribution in [0.25, 0.3) is 0 Å². The predicted octanol–water partition coefficient (Wildman–Crippen LogP) is 2.49. The highest BCUT2D eigenvalue weighted by Crippen LogP contribution is 2.17. The van der Waals surface area contributed by atoms with E-state index in [4.69, 9.17) is 16.3 Å². The Bertz CT molecular complexity index is 668. The SMILES string of the molecule is COc1ccc(CNc2cnn(C(C)C)c(=O)c2Cl)cn1. The van der Waals surface area contributed by atoms with Gasteiger partial charge in [0, 0.05) is 18.8 Å². The van der Waals surface area contributed by atoms with Gasteiger partial charge in [-0.15, -0.1) is 0 Å². The van der Waals surface area contributed by atoms with Crippen LogP contribution in [0.2, 0.25) is 5.02 Å². The Hall–Kier alpha value is -2.08. The molecule has 112 valence electrons. The summed E-state index contributed by atoms with van der Waals surface area (Å²) < 4.78 is 6.35. The van der Waals surface area contributed by atoms with Crippen molar-refractivity contribution < 1.29 is 4.74 Å². The Kier molecular flexibility index (Phi) is 4.80. The molecule has 0 atom stereocenters. The first-order valence-electron chi connectivity index (χ1n) is 6.53. The summed E-state index contributed by atoms with van der Waals surface area (Å²) in [4.78, 5) is 16.1. The Balaban J connectivity index is 2.13. The van der Waals surface area contributed by atoms with E-state index in [1.54, 1.807) is 25.6 Å². The zero-order valence-electron chi connectivity index (χ0n) is 12.1. The molecule has 0 saturated heterocycles. The maximum atomic E-state index is 12.0. The molecule has 0 saturated carbocycles. The van der Waals surface area contributed by atoms with Crippen LogP contribution in [-0.2, 0) is 6.54 Å². The van der Waals surface area contributed by atoms with E-state index in [1.807, 2.05) is 19.9 Å². The van der Waals surface area contributed by atoms with Gasteiger partial charge >= 0.3 is 0 Å². The van der Waals surface area contributed by atoms with Crippen LogP contribution in [-0.4, -0.2) is 21.9 Å². The van der Waals surface area contributed by atoms with E-state index in [-0.39, 0.29) is 16.6 Å². The molecule has 0 aliphatic rings. The third-order valence-corrected chi connectivity index (χ3v) is 3.29. The lowest BCUT2D eigenvalue weighted by molar-refractivity contribution is 0.397. The summed E-state index contributed by atoms with van der Waals surface area (Å²) in [7, 11) is 1.56. The third-order valence-electron chi connectivity index (χ3n) is 2.92. The van der Waals surface area contributed by atoms with Crippen molar-refractivity contribution in [3.63, 3.8) is 0 Å². The van der Waals surface area contributed by atoms with Gasteiger partial charge in [-0.1, -0.05) is 17.7 Å². The number of rotatable bonds is 5. The summed E-state index contributed by atoms with van der Waals surface area (Å²) in [5.41, 5.74) is 1.15. The summed E-state index contributed by atoms with van der Waals surface area (Å²) in [6, 6.07) is 3.62. The van der Waals surface area contributed by atoms with Crippen LogP contribution >= 0.6 is 11.6 Å². The summed E-state index contributed by atoms with van der Waals surface area (Å²) in [6.07, 6.45) is 3.25. The van der Waals surface area contributed by atoms with Crippen LogP contribution in [0.3, 0.4) is 0 Å². The molecule has 21 heavy (non-hydrogen) atoms. The molecule has 2 aromatic rings. The fraction of sp³-hybridized carbons (Fsp3) is 0.357. The van der Waals surface area contributed by atoms with Crippen molar-refractivity contribution in [3.05, 3.63) is 45.5 Å². The number of anilines is 1.